The van der Waals surface area contributed by atoms with E-state index in [0.29, 0.717) is 23.9 Å². The van der Waals surface area contributed by atoms with Crippen LogP contribution in [0.3, 0.4) is 0 Å². The first-order valence-electron chi connectivity index (χ1n) is 8.71. The number of hydrogen-bond acceptors (Lipinski definition) is 3. The molecule has 2 amide bonds. The summed E-state index contributed by atoms with van der Waals surface area (Å²) in [6, 6.07) is 5.58. The molecule has 0 radical (unpaired) electrons. The van der Waals surface area contributed by atoms with Gasteiger partial charge in [-0.3, -0.25) is 9.80 Å². The third-order valence-electron chi connectivity index (χ3n) is 4.73. The molecule has 0 N–H and O–H groups in total. The summed E-state index contributed by atoms with van der Waals surface area (Å²) in [5.74, 6) is 10.6. The monoisotopic (exact) mass is 370 g/mol. The van der Waals surface area contributed by atoms with Crippen molar-refractivity contribution < 1.29 is 9.53 Å². The minimum Gasteiger partial charge on any atom is -0.489 e. The highest BCUT2D eigenvalue weighted by atomic mass is 16.5. The molecule has 2 aliphatic heterocycles. The van der Waals surface area contributed by atoms with E-state index in [1.807, 2.05) is 42.0 Å². The Morgan fingerprint density at radius 2 is 2.14 bits per heavy atom. The zero-order valence-electron chi connectivity index (χ0n) is 15.7. The second-order valence-corrected chi connectivity index (χ2v) is 6.46. The number of benzene rings is 1. The van der Waals surface area contributed by atoms with Crippen LogP contribution >= 0.6 is 0 Å². The fourth-order valence-electron chi connectivity index (χ4n) is 3.24. The van der Waals surface area contributed by atoms with E-state index in [9.17, 15) is 4.79 Å². The predicted octanol–water partition coefficient (Wildman–Crippen LogP) is 2.70. The van der Waals surface area contributed by atoms with E-state index < -0.39 is 0 Å². The van der Waals surface area contributed by atoms with E-state index in [2.05, 4.69) is 29.3 Å². The van der Waals surface area contributed by atoms with Crippen LogP contribution in [-0.2, 0) is 7.05 Å². The van der Waals surface area contributed by atoms with Gasteiger partial charge in [0.05, 0.1) is 12.2 Å². The molecule has 4 rings (SSSR count). The fourth-order valence-corrected chi connectivity index (χ4v) is 3.24. The maximum Gasteiger partial charge on any atom is 0.330 e. The molecule has 0 saturated heterocycles. The van der Waals surface area contributed by atoms with Gasteiger partial charge in [-0.25, -0.2) is 9.78 Å². The lowest BCUT2D eigenvalue weighted by Gasteiger charge is -2.32. The lowest BCUT2D eigenvalue weighted by atomic mass is 10.1. The van der Waals surface area contributed by atoms with Gasteiger partial charge in [0.25, 0.3) is 0 Å². The molecule has 6 heteroatoms. The molecule has 2 aliphatic rings. The summed E-state index contributed by atoms with van der Waals surface area (Å²) in [5, 5.41) is 0. The Kier molecular flexibility index (Phi) is 4.18. The number of fused-ring (bicyclic) bond motifs is 2. The van der Waals surface area contributed by atoms with Gasteiger partial charge >= 0.3 is 6.03 Å². The number of aromatic nitrogens is 2. The summed E-state index contributed by atoms with van der Waals surface area (Å²) in [6.45, 7) is 4.74. The minimum atomic E-state index is -0.257. The Balaban J connectivity index is 1.71. The number of carbonyl (C=O) groups is 1. The Bertz CT molecular complexity index is 1140. The molecule has 28 heavy (non-hydrogen) atoms. The van der Waals surface area contributed by atoms with Crippen LogP contribution in [0.25, 0.3) is 11.8 Å². The van der Waals surface area contributed by atoms with E-state index in [1.165, 1.54) is 9.80 Å². The van der Waals surface area contributed by atoms with E-state index in [4.69, 9.17) is 11.2 Å². The summed E-state index contributed by atoms with van der Waals surface area (Å²) in [4.78, 5) is 20.0. The standard InChI is InChI=1S/C22H18N4O2/c1-5-12-26-15(2)20-21(25(4)22(26)27)23-19(24(20)3)11-9-16-8-10-17-7-6-13-28-18(17)14-16/h1,6-8,10,14H,2,12-13H2,3-4H3. The van der Waals surface area contributed by atoms with Gasteiger partial charge in [0.2, 0.25) is 0 Å². The summed E-state index contributed by atoms with van der Waals surface area (Å²) < 4.78 is 7.46. The topological polar surface area (TPSA) is 50.6 Å². The van der Waals surface area contributed by atoms with Crippen molar-refractivity contribution in [2.75, 3.05) is 25.1 Å². The van der Waals surface area contributed by atoms with Crippen LogP contribution in [0.2, 0.25) is 0 Å². The largest absolute Gasteiger partial charge is 0.489 e. The van der Waals surface area contributed by atoms with Gasteiger partial charge in [-0.1, -0.05) is 30.6 Å². The molecule has 1 aromatic heterocycles. The molecule has 0 fully saturated rings. The average Bonchev–Trinajstić information content (AvgIpc) is 3.04. The van der Waals surface area contributed by atoms with Gasteiger partial charge in [0.1, 0.15) is 18.1 Å². The van der Waals surface area contributed by atoms with Gasteiger partial charge in [-0.15, -0.1) is 6.42 Å². The van der Waals surface area contributed by atoms with Gasteiger partial charge in [0.15, 0.2) is 11.6 Å². The Labute approximate surface area is 163 Å². The van der Waals surface area contributed by atoms with Crippen molar-refractivity contribution in [2.24, 2.45) is 7.05 Å². The first kappa shape index (κ1) is 17.5. The van der Waals surface area contributed by atoms with Crippen molar-refractivity contribution in [2.45, 2.75) is 0 Å². The second-order valence-electron chi connectivity index (χ2n) is 6.46. The number of imidazole rings is 1. The summed E-state index contributed by atoms with van der Waals surface area (Å²) >= 11 is 0. The Morgan fingerprint density at radius 3 is 2.93 bits per heavy atom. The van der Waals surface area contributed by atoms with Gasteiger partial charge < -0.3 is 9.30 Å². The number of hydrogen-bond donors (Lipinski definition) is 0. The molecular weight excluding hydrogens is 352 g/mol. The van der Waals surface area contributed by atoms with E-state index in [1.54, 1.807) is 7.05 Å². The van der Waals surface area contributed by atoms with Crippen LogP contribution in [0.1, 0.15) is 22.6 Å². The lowest BCUT2D eigenvalue weighted by molar-refractivity contribution is 0.228. The van der Waals surface area contributed by atoms with Crippen molar-refractivity contribution in [3.8, 4) is 29.9 Å². The molecule has 3 heterocycles. The van der Waals surface area contributed by atoms with Crippen LogP contribution in [-0.4, -0.2) is 40.7 Å². The number of terminal acetylenes is 1. The van der Waals surface area contributed by atoms with Crippen molar-refractivity contribution >= 4 is 23.6 Å². The number of nitrogens with zero attached hydrogens (tertiary/aromatic N) is 4. The Morgan fingerprint density at radius 1 is 1.32 bits per heavy atom. The first-order valence-corrected chi connectivity index (χ1v) is 8.71. The van der Waals surface area contributed by atoms with Crippen LogP contribution < -0.4 is 9.64 Å². The first-order chi connectivity index (χ1) is 13.5. The van der Waals surface area contributed by atoms with Crippen LogP contribution in [0.5, 0.6) is 5.75 Å². The molecule has 138 valence electrons. The number of rotatable bonds is 1. The molecule has 6 nitrogen and oxygen atoms in total. The van der Waals surface area contributed by atoms with Crippen molar-refractivity contribution in [1.82, 2.24) is 14.5 Å². The molecule has 1 aromatic carbocycles. The van der Waals surface area contributed by atoms with Crippen molar-refractivity contribution in [3.05, 3.63) is 53.5 Å². The molecular formula is C22H18N4O2. The number of carbonyl (C=O) groups excluding carboxylic acids is 1. The van der Waals surface area contributed by atoms with Gasteiger partial charge in [-0.2, -0.15) is 0 Å². The molecule has 0 aliphatic carbocycles. The molecule has 0 saturated carbocycles. The fraction of sp³-hybridized carbons (Fsp3) is 0.182. The van der Waals surface area contributed by atoms with Crippen molar-refractivity contribution in [1.29, 1.82) is 0 Å². The molecule has 0 atom stereocenters. The van der Waals surface area contributed by atoms with E-state index in [-0.39, 0.29) is 12.6 Å². The SMILES string of the molecule is C#CCN1C(=C)c2c(nc(C#Cc3ccc4c(c3)OCC=C4)n2C)N(C)C1=O. The van der Waals surface area contributed by atoms with Gasteiger partial charge in [-0.05, 0) is 24.1 Å². The van der Waals surface area contributed by atoms with Crippen LogP contribution in [0.15, 0.2) is 30.9 Å². The van der Waals surface area contributed by atoms with Crippen LogP contribution in [0.4, 0.5) is 10.6 Å². The quantitative estimate of drug-likeness (QED) is 0.726. The minimum absolute atomic E-state index is 0.150. The molecule has 0 bridgehead atoms. The maximum absolute atomic E-state index is 12.5. The maximum atomic E-state index is 12.5. The number of urea groups is 1. The normalized spacial score (nSPS) is 14.6. The smallest absolute Gasteiger partial charge is 0.330 e. The zero-order valence-corrected chi connectivity index (χ0v) is 15.7. The highest BCUT2D eigenvalue weighted by Crippen LogP contribution is 2.33. The Hall–Kier alpha value is -3.90. The number of anilines is 1. The van der Waals surface area contributed by atoms with E-state index in [0.717, 1.165) is 22.6 Å². The van der Waals surface area contributed by atoms with E-state index >= 15 is 0 Å². The molecule has 0 spiro atoms. The summed E-state index contributed by atoms with van der Waals surface area (Å²) in [7, 11) is 3.51. The third kappa shape index (κ3) is 2.72. The summed E-state index contributed by atoms with van der Waals surface area (Å²) in [6.07, 6.45) is 9.39. The van der Waals surface area contributed by atoms with Crippen LogP contribution in [0, 0.1) is 24.2 Å². The third-order valence-corrected chi connectivity index (χ3v) is 4.73. The molecule has 0 unspecified atom stereocenters. The average molecular weight is 370 g/mol. The zero-order chi connectivity index (χ0) is 19.8. The highest BCUT2D eigenvalue weighted by molar-refractivity contribution is 6.02. The number of amides is 2. The van der Waals surface area contributed by atoms with Gasteiger partial charge in [0, 0.05) is 25.2 Å². The van der Waals surface area contributed by atoms with Crippen molar-refractivity contribution in [3.63, 3.8) is 0 Å². The number of ether oxygens (including phenoxy) is 1. The summed E-state index contributed by atoms with van der Waals surface area (Å²) in [5.41, 5.74) is 3.11. The molecule has 2 aromatic rings. The highest BCUT2D eigenvalue weighted by Gasteiger charge is 2.34. The second kappa shape index (κ2) is 6.68. The predicted molar refractivity (Wildman–Crippen MR) is 109 cm³/mol. The lowest BCUT2D eigenvalue weighted by Crippen LogP contribution is -2.44.